The van der Waals surface area contributed by atoms with Crippen LogP contribution in [-0.4, -0.2) is 17.0 Å². The summed E-state index contributed by atoms with van der Waals surface area (Å²) in [4.78, 5) is 11.1. The van der Waals surface area contributed by atoms with Gasteiger partial charge in [0.2, 0.25) is 5.91 Å². The molecule has 0 aromatic rings. The van der Waals surface area contributed by atoms with Crippen molar-refractivity contribution < 1.29 is 4.79 Å². The third-order valence-corrected chi connectivity index (χ3v) is 2.24. The van der Waals surface area contributed by atoms with Crippen LogP contribution in [0.1, 0.15) is 6.42 Å². The average Bonchev–Trinajstić information content (AvgIpc) is 2.30. The van der Waals surface area contributed by atoms with E-state index in [2.05, 4.69) is 0 Å². The zero-order valence-corrected chi connectivity index (χ0v) is 6.10. The summed E-state index contributed by atoms with van der Waals surface area (Å²) in [7, 11) is 0. The molecule has 0 saturated carbocycles. The number of nitrogens with two attached hydrogens (primary N) is 1. The Morgan fingerprint density at radius 1 is 1.45 bits per heavy atom. The molecule has 1 fully saturated rings. The first-order valence-corrected chi connectivity index (χ1v) is 3.71. The Hall–Kier alpha value is -1.09. The van der Waals surface area contributed by atoms with E-state index in [1.807, 2.05) is 24.3 Å². The van der Waals surface area contributed by atoms with Gasteiger partial charge in [-0.3, -0.25) is 9.80 Å². The Morgan fingerprint density at radius 3 is 2.91 bits per heavy atom. The normalized spacial score (nSPS) is 34.6. The van der Waals surface area contributed by atoms with Gasteiger partial charge in [-0.15, -0.1) is 0 Å². The molecule has 2 atom stereocenters. The van der Waals surface area contributed by atoms with E-state index in [0.717, 1.165) is 0 Å². The van der Waals surface area contributed by atoms with E-state index in [9.17, 15) is 4.79 Å². The zero-order valence-electron chi connectivity index (χ0n) is 6.10. The van der Waals surface area contributed by atoms with Crippen molar-refractivity contribution >= 4 is 5.91 Å². The fourth-order valence-corrected chi connectivity index (χ4v) is 1.60. The third-order valence-electron chi connectivity index (χ3n) is 2.24. The van der Waals surface area contributed by atoms with Gasteiger partial charge in [-0.2, -0.15) is 0 Å². The monoisotopic (exact) mass is 150 g/mol. The molecule has 3 heteroatoms. The Bertz CT molecular complexity index is 244. The SMILES string of the molecule is NN1C(=O)CC2C=CC=CC21. The number of rotatable bonds is 0. The van der Waals surface area contributed by atoms with Gasteiger partial charge in [0.1, 0.15) is 0 Å². The van der Waals surface area contributed by atoms with Crippen LogP contribution in [0.15, 0.2) is 24.3 Å². The van der Waals surface area contributed by atoms with E-state index in [-0.39, 0.29) is 11.9 Å². The molecule has 0 bridgehead atoms. The van der Waals surface area contributed by atoms with Crippen LogP contribution >= 0.6 is 0 Å². The molecule has 2 rings (SSSR count). The molecule has 0 aromatic carbocycles. The van der Waals surface area contributed by atoms with Gasteiger partial charge in [0, 0.05) is 12.3 Å². The number of nitrogens with zero attached hydrogens (tertiary/aromatic N) is 1. The van der Waals surface area contributed by atoms with Crippen molar-refractivity contribution in [2.24, 2.45) is 11.8 Å². The fraction of sp³-hybridized carbons (Fsp3) is 0.375. The van der Waals surface area contributed by atoms with Gasteiger partial charge in [-0.25, -0.2) is 5.84 Å². The molecule has 0 radical (unpaired) electrons. The molecule has 58 valence electrons. The van der Waals surface area contributed by atoms with E-state index >= 15 is 0 Å². The molecular formula is C8H10N2O. The van der Waals surface area contributed by atoms with Gasteiger partial charge in [-0.05, 0) is 0 Å². The number of fused-ring (bicyclic) bond motifs is 1. The molecule has 0 aromatic heterocycles. The Balaban J connectivity index is 2.27. The van der Waals surface area contributed by atoms with Crippen molar-refractivity contribution in [1.82, 2.24) is 5.01 Å². The highest BCUT2D eigenvalue weighted by molar-refractivity contribution is 5.79. The molecule has 1 amide bonds. The molecule has 1 saturated heterocycles. The number of amides is 1. The Labute approximate surface area is 65.1 Å². The van der Waals surface area contributed by atoms with Crippen LogP contribution < -0.4 is 5.84 Å². The lowest BCUT2D eigenvalue weighted by atomic mass is 9.96. The van der Waals surface area contributed by atoms with Gasteiger partial charge >= 0.3 is 0 Å². The number of carbonyl (C=O) groups excluding carboxylic acids is 1. The first kappa shape index (κ1) is 6.61. The molecule has 0 spiro atoms. The second-order valence-electron chi connectivity index (χ2n) is 2.93. The van der Waals surface area contributed by atoms with E-state index in [4.69, 9.17) is 5.84 Å². The van der Waals surface area contributed by atoms with Crippen LogP contribution in [0.2, 0.25) is 0 Å². The predicted octanol–water partition coefficient (Wildman–Crippen LogP) is 0.203. The minimum atomic E-state index is 0.0381. The van der Waals surface area contributed by atoms with Gasteiger partial charge in [-0.1, -0.05) is 24.3 Å². The van der Waals surface area contributed by atoms with Gasteiger partial charge < -0.3 is 0 Å². The third kappa shape index (κ3) is 0.886. The summed E-state index contributed by atoms with van der Waals surface area (Å²) in [5, 5.41) is 1.32. The van der Waals surface area contributed by atoms with E-state index < -0.39 is 0 Å². The predicted molar refractivity (Wildman–Crippen MR) is 41.2 cm³/mol. The maximum absolute atomic E-state index is 11.1. The van der Waals surface area contributed by atoms with Crippen LogP contribution in [0.4, 0.5) is 0 Å². The summed E-state index contributed by atoms with van der Waals surface area (Å²) < 4.78 is 0. The van der Waals surface area contributed by atoms with Crippen molar-refractivity contribution in [3.05, 3.63) is 24.3 Å². The van der Waals surface area contributed by atoms with Gasteiger partial charge in [0.05, 0.1) is 6.04 Å². The van der Waals surface area contributed by atoms with Gasteiger partial charge in [0.25, 0.3) is 0 Å². The van der Waals surface area contributed by atoms with Crippen molar-refractivity contribution in [2.75, 3.05) is 0 Å². The minimum absolute atomic E-state index is 0.0381. The summed E-state index contributed by atoms with van der Waals surface area (Å²) in [6.45, 7) is 0. The lowest BCUT2D eigenvalue weighted by Crippen LogP contribution is -2.39. The lowest BCUT2D eigenvalue weighted by molar-refractivity contribution is -0.128. The van der Waals surface area contributed by atoms with Crippen LogP contribution in [0, 0.1) is 5.92 Å². The maximum atomic E-state index is 11.1. The van der Waals surface area contributed by atoms with Gasteiger partial charge in [0.15, 0.2) is 0 Å². The highest BCUT2D eigenvalue weighted by Gasteiger charge is 2.35. The van der Waals surface area contributed by atoms with E-state index in [1.165, 1.54) is 5.01 Å². The molecule has 2 unspecified atom stereocenters. The number of allylic oxidation sites excluding steroid dienone is 2. The van der Waals surface area contributed by atoms with Crippen LogP contribution in [0.3, 0.4) is 0 Å². The fourth-order valence-electron chi connectivity index (χ4n) is 1.60. The lowest BCUT2D eigenvalue weighted by Gasteiger charge is -2.20. The van der Waals surface area contributed by atoms with Crippen molar-refractivity contribution in [1.29, 1.82) is 0 Å². The molecule has 1 aliphatic carbocycles. The van der Waals surface area contributed by atoms with E-state index in [1.54, 1.807) is 0 Å². The Kier molecular flexibility index (Phi) is 1.32. The molecule has 1 aliphatic heterocycles. The smallest absolute Gasteiger partial charge is 0.237 e. The summed E-state index contributed by atoms with van der Waals surface area (Å²) in [6, 6.07) is 0.104. The molecule has 2 N–H and O–H groups in total. The van der Waals surface area contributed by atoms with E-state index in [0.29, 0.717) is 12.3 Å². The topological polar surface area (TPSA) is 46.3 Å². The molecule has 3 nitrogen and oxygen atoms in total. The molecule has 2 aliphatic rings. The average molecular weight is 150 g/mol. The highest BCUT2D eigenvalue weighted by Crippen LogP contribution is 2.27. The Morgan fingerprint density at radius 2 is 2.18 bits per heavy atom. The first-order chi connectivity index (χ1) is 5.29. The molecule has 1 heterocycles. The second kappa shape index (κ2) is 2.20. The standard InChI is InChI=1S/C8H10N2O/c9-10-7-4-2-1-3-6(7)5-8(10)11/h1-4,6-7H,5,9H2. The summed E-state index contributed by atoms with van der Waals surface area (Å²) in [5.41, 5.74) is 0. The molecular weight excluding hydrogens is 140 g/mol. The summed E-state index contributed by atoms with van der Waals surface area (Å²) >= 11 is 0. The summed E-state index contributed by atoms with van der Waals surface area (Å²) in [5.74, 6) is 5.87. The number of hydrogen-bond acceptors (Lipinski definition) is 2. The summed E-state index contributed by atoms with van der Waals surface area (Å²) in [6.07, 6.45) is 8.46. The number of carbonyl (C=O) groups is 1. The number of hydrogen-bond donors (Lipinski definition) is 1. The maximum Gasteiger partial charge on any atom is 0.237 e. The van der Waals surface area contributed by atoms with Crippen LogP contribution in [-0.2, 0) is 4.79 Å². The second-order valence-corrected chi connectivity index (χ2v) is 2.93. The minimum Gasteiger partial charge on any atom is -0.273 e. The quantitative estimate of drug-likeness (QED) is 0.396. The number of hydrazine groups is 1. The first-order valence-electron chi connectivity index (χ1n) is 3.71. The zero-order chi connectivity index (χ0) is 7.84. The van der Waals surface area contributed by atoms with Crippen LogP contribution in [0.25, 0.3) is 0 Å². The van der Waals surface area contributed by atoms with Crippen LogP contribution in [0.5, 0.6) is 0 Å². The molecule has 11 heavy (non-hydrogen) atoms. The van der Waals surface area contributed by atoms with Crippen molar-refractivity contribution in [2.45, 2.75) is 12.5 Å². The van der Waals surface area contributed by atoms with Crippen molar-refractivity contribution in [3.63, 3.8) is 0 Å². The largest absolute Gasteiger partial charge is 0.273 e. The highest BCUT2D eigenvalue weighted by atomic mass is 16.2. The van der Waals surface area contributed by atoms with Crippen molar-refractivity contribution in [3.8, 4) is 0 Å².